The summed E-state index contributed by atoms with van der Waals surface area (Å²) in [5, 5.41) is 12.4. The standard InChI is InChI=1S/C24H25F3N4O/c25-24(26,27)20-5-1-2-6-21(20)30-13-15-31(16-14-30)22(32)23(11-3-4-12-23)29-19-9-7-18(17-28)8-10-19/h1-2,5-10,29H,3-4,11-16H2. The van der Waals surface area contributed by atoms with Gasteiger partial charge in [0, 0.05) is 37.6 Å². The Bertz CT molecular complexity index is 999. The Morgan fingerprint density at radius 1 is 0.969 bits per heavy atom. The van der Waals surface area contributed by atoms with E-state index in [1.165, 1.54) is 12.1 Å². The van der Waals surface area contributed by atoms with Crippen LogP contribution in [0.5, 0.6) is 0 Å². The molecule has 1 aliphatic heterocycles. The minimum Gasteiger partial charge on any atom is -0.371 e. The molecule has 8 heteroatoms. The minimum absolute atomic E-state index is 0.00289. The maximum absolute atomic E-state index is 13.5. The lowest BCUT2D eigenvalue weighted by molar-refractivity contribution is -0.138. The lowest BCUT2D eigenvalue weighted by Gasteiger charge is -2.41. The molecular weight excluding hydrogens is 417 g/mol. The van der Waals surface area contributed by atoms with E-state index in [4.69, 9.17) is 5.26 Å². The predicted octanol–water partition coefficient (Wildman–Crippen LogP) is 4.65. The summed E-state index contributed by atoms with van der Waals surface area (Å²) in [6, 6.07) is 14.7. The van der Waals surface area contributed by atoms with Crippen molar-refractivity contribution in [3.63, 3.8) is 0 Å². The number of hydrogen-bond acceptors (Lipinski definition) is 4. The third kappa shape index (κ3) is 4.38. The first kappa shape index (κ1) is 22.0. The zero-order valence-corrected chi connectivity index (χ0v) is 17.7. The van der Waals surface area contributed by atoms with E-state index in [-0.39, 0.29) is 11.6 Å². The van der Waals surface area contributed by atoms with Crippen LogP contribution in [0.15, 0.2) is 48.5 Å². The van der Waals surface area contributed by atoms with Crippen molar-refractivity contribution >= 4 is 17.3 Å². The van der Waals surface area contributed by atoms with Crippen LogP contribution >= 0.6 is 0 Å². The van der Waals surface area contributed by atoms with Gasteiger partial charge >= 0.3 is 6.18 Å². The lowest BCUT2D eigenvalue weighted by atomic mass is 9.94. The van der Waals surface area contributed by atoms with E-state index in [9.17, 15) is 18.0 Å². The average molecular weight is 442 g/mol. The molecular formula is C24H25F3N4O. The van der Waals surface area contributed by atoms with E-state index < -0.39 is 17.3 Å². The molecule has 2 fully saturated rings. The number of carbonyl (C=O) groups excluding carboxylic acids is 1. The van der Waals surface area contributed by atoms with Crippen molar-refractivity contribution in [2.45, 2.75) is 37.4 Å². The number of piperazine rings is 1. The van der Waals surface area contributed by atoms with E-state index in [0.29, 0.717) is 44.6 Å². The number of nitrogens with one attached hydrogen (secondary N) is 1. The van der Waals surface area contributed by atoms with Gasteiger partial charge in [-0.1, -0.05) is 25.0 Å². The van der Waals surface area contributed by atoms with Crippen LogP contribution in [0.4, 0.5) is 24.5 Å². The monoisotopic (exact) mass is 442 g/mol. The van der Waals surface area contributed by atoms with Crippen LogP contribution in [-0.4, -0.2) is 42.5 Å². The smallest absolute Gasteiger partial charge is 0.371 e. The molecule has 2 aromatic carbocycles. The van der Waals surface area contributed by atoms with Gasteiger partial charge in [-0.15, -0.1) is 0 Å². The number of alkyl halides is 3. The maximum atomic E-state index is 13.5. The summed E-state index contributed by atoms with van der Waals surface area (Å²) in [5.74, 6) is 0.00289. The van der Waals surface area contributed by atoms with E-state index in [0.717, 1.165) is 24.6 Å². The van der Waals surface area contributed by atoms with Gasteiger partial charge in [0.1, 0.15) is 5.54 Å². The van der Waals surface area contributed by atoms with Crippen LogP contribution in [0, 0.1) is 11.3 Å². The number of carbonyl (C=O) groups is 1. The number of amides is 1. The Hall–Kier alpha value is -3.21. The zero-order chi connectivity index (χ0) is 22.8. The Labute approximate surface area is 185 Å². The number of nitriles is 1. The molecule has 5 nitrogen and oxygen atoms in total. The molecule has 0 spiro atoms. The highest BCUT2D eigenvalue weighted by Gasteiger charge is 2.44. The maximum Gasteiger partial charge on any atom is 0.418 e. The van der Waals surface area contributed by atoms with Crippen LogP contribution in [0.3, 0.4) is 0 Å². The normalized spacial score (nSPS) is 18.3. The molecule has 4 rings (SSSR count). The molecule has 0 radical (unpaired) electrons. The Balaban J connectivity index is 1.47. The third-order valence-electron chi connectivity index (χ3n) is 6.38. The van der Waals surface area contributed by atoms with Crippen LogP contribution in [0.1, 0.15) is 36.8 Å². The molecule has 1 saturated carbocycles. The van der Waals surface area contributed by atoms with Crippen LogP contribution in [-0.2, 0) is 11.0 Å². The van der Waals surface area contributed by atoms with E-state index in [1.54, 1.807) is 40.1 Å². The highest BCUT2D eigenvalue weighted by molar-refractivity contribution is 5.90. The number of rotatable bonds is 4. The first-order valence-electron chi connectivity index (χ1n) is 10.8. The van der Waals surface area contributed by atoms with Crippen molar-refractivity contribution in [3.8, 4) is 6.07 Å². The van der Waals surface area contributed by atoms with Crippen molar-refractivity contribution < 1.29 is 18.0 Å². The third-order valence-corrected chi connectivity index (χ3v) is 6.38. The fourth-order valence-corrected chi connectivity index (χ4v) is 4.72. The first-order chi connectivity index (χ1) is 15.3. The van der Waals surface area contributed by atoms with Crippen molar-refractivity contribution in [1.82, 2.24) is 4.90 Å². The summed E-state index contributed by atoms with van der Waals surface area (Å²) < 4.78 is 40.2. The molecule has 2 aliphatic rings. The first-order valence-corrected chi connectivity index (χ1v) is 10.8. The number of nitrogens with zero attached hydrogens (tertiary/aromatic N) is 3. The van der Waals surface area contributed by atoms with Crippen LogP contribution in [0.25, 0.3) is 0 Å². The molecule has 0 atom stereocenters. The second-order valence-electron chi connectivity index (χ2n) is 8.40. The van der Waals surface area contributed by atoms with Gasteiger partial charge in [0.15, 0.2) is 0 Å². The van der Waals surface area contributed by atoms with Crippen molar-refractivity contribution in [1.29, 1.82) is 5.26 Å². The fourth-order valence-electron chi connectivity index (χ4n) is 4.72. The molecule has 0 bridgehead atoms. The summed E-state index contributed by atoms with van der Waals surface area (Å²) >= 11 is 0. The van der Waals surface area contributed by atoms with Gasteiger partial charge < -0.3 is 15.1 Å². The SMILES string of the molecule is N#Cc1ccc(NC2(C(=O)N3CCN(c4ccccc4C(F)(F)F)CC3)CCCC2)cc1. The van der Waals surface area contributed by atoms with E-state index >= 15 is 0 Å². The number of para-hydroxylation sites is 1. The van der Waals surface area contributed by atoms with Gasteiger partial charge in [-0.05, 0) is 49.2 Å². The van der Waals surface area contributed by atoms with Gasteiger partial charge in [0.2, 0.25) is 5.91 Å². The summed E-state index contributed by atoms with van der Waals surface area (Å²) in [6.45, 7) is 1.46. The molecule has 1 amide bonds. The number of anilines is 2. The highest BCUT2D eigenvalue weighted by Crippen LogP contribution is 2.38. The van der Waals surface area contributed by atoms with Gasteiger partial charge in [-0.3, -0.25) is 4.79 Å². The summed E-state index contributed by atoms with van der Waals surface area (Å²) in [6.07, 6.45) is -1.11. The van der Waals surface area contributed by atoms with E-state index in [2.05, 4.69) is 11.4 Å². The molecule has 0 aromatic heterocycles. The highest BCUT2D eigenvalue weighted by atomic mass is 19.4. The molecule has 1 N–H and O–H groups in total. The van der Waals surface area contributed by atoms with Crippen molar-refractivity contribution in [2.75, 3.05) is 36.4 Å². The zero-order valence-electron chi connectivity index (χ0n) is 17.7. The Morgan fingerprint density at radius 3 is 2.19 bits per heavy atom. The van der Waals surface area contributed by atoms with Gasteiger partial charge in [-0.25, -0.2) is 0 Å². The predicted molar refractivity (Wildman–Crippen MR) is 116 cm³/mol. The van der Waals surface area contributed by atoms with Crippen molar-refractivity contribution in [3.05, 3.63) is 59.7 Å². The molecule has 0 unspecified atom stereocenters. The average Bonchev–Trinajstić information content (AvgIpc) is 3.28. The quantitative estimate of drug-likeness (QED) is 0.749. The summed E-state index contributed by atoms with van der Waals surface area (Å²) in [7, 11) is 0. The molecule has 32 heavy (non-hydrogen) atoms. The molecule has 1 saturated heterocycles. The van der Waals surface area contributed by atoms with Gasteiger partial charge in [-0.2, -0.15) is 18.4 Å². The van der Waals surface area contributed by atoms with Gasteiger partial charge in [0.05, 0.1) is 17.2 Å². The van der Waals surface area contributed by atoms with Crippen molar-refractivity contribution in [2.24, 2.45) is 0 Å². The van der Waals surface area contributed by atoms with E-state index in [1.807, 2.05) is 0 Å². The number of halogens is 3. The van der Waals surface area contributed by atoms with Gasteiger partial charge in [0.25, 0.3) is 0 Å². The topological polar surface area (TPSA) is 59.4 Å². The largest absolute Gasteiger partial charge is 0.418 e. The minimum atomic E-state index is -4.41. The molecule has 1 heterocycles. The molecule has 168 valence electrons. The lowest BCUT2D eigenvalue weighted by Crippen LogP contribution is -2.57. The summed E-state index contributed by atoms with van der Waals surface area (Å²) in [5.41, 5.74) is 0.155. The second kappa shape index (κ2) is 8.73. The number of benzene rings is 2. The number of hydrogen-bond donors (Lipinski definition) is 1. The second-order valence-corrected chi connectivity index (χ2v) is 8.40. The molecule has 1 aliphatic carbocycles. The summed E-state index contributed by atoms with van der Waals surface area (Å²) in [4.78, 5) is 17.0. The molecule has 2 aromatic rings. The Kier molecular flexibility index (Phi) is 6.00. The fraction of sp³-hybridized carbons (Fsp3) is 0.417. The Morgan fingerprint density at radius 2 is 1.59 bits per heavy atom. The van der Waals surface area contributed by atoms with Crippen LogP contribution in [0.2, 0.25) is 0 Å². The van der Waals surface area contributed by atoms with Crippen LogP contribution < -0.4 is 10.2 Å².